The van der Waals surface area contributed by atoms with Gasteiger partial charge in [-0.3, -0.25) is 20.2 Å². The van der Waals surface area contributed by atoms with Gasteiger partial charge in [-0.15, -0.1) is 0 Å². The second-order valence-corrected chi connectivity index (χ2v) is 4.11. The quantitative estimate of drug-likeness (QED) is 0.476. The van der Waals surface area contributed by atoms with E-state index in [0.29, 0.717) is 5.76 Å². The number of allylic oxidation sites excluding steroid dienone is 2. The lowest BCUT2D eigenvalue weighted by Crippen LogP contribution is -2.51. The van der Waals surface area contributed by atoms with Crippen LogP contribution in [0.1, 0.15) is 12.7 Å². The van der Waals surface area contributed by atoms with Gasteiger partial charge in [-0.2, -0.15) is 0 Å². The Morgan fingerprint density at radius 2 is 2.00 bits per heavy atom. The maximum absolute atomic E-state index is 11.6. The van der Waals surface area contributed by atoms with Crippen molar-refractivity contribution in [2.75, 3.05) is 0 Å². The highest BCUT2D eigenvalue weighted by molar-refractivity contribution is 7.80. The highest BCUT2D eigenvalue weighted by Crippen LogP contribution is 2.11. The van der Waals surface area contributed by atoms with Gasteiger partial charge in [0.05, 0.1) is 6.26 Å². The highest BCUT2D eigenvalue weighted by atomic mass is 32.1. The van der Waals surface area contributed by atoms with Crippen molar-refractivity contribution < 1.29 is 14.0 Å². The molecule has 18 heavy (non-hydrogen) atoms. The van der Waals surface area contributed by atoms with E-state index in [2.05, 4.69) is 10.6 Å². The zero-order valence-electron chi connectivity index (χ0n) is 9.52. The number of rotatable bonds is 2. The molecule has 2 N–H and O–H groups in total. The van der Waals surface area contributed by atoms with Gasteiger partial charge in [-0.25, -0.2) is 0 Å². The van der Waals surface area contributed by atoms with E-state index in [1.807, 2.05) is 0 Å². The molecule has 1 aliphatic rings. The summed E-state index contributed by atoms with van der Waals surface area (Å²) in [6.45, 7) is 1.77. The number of nitrogens with one attached hydrogen (secondary N) is 2. The molecule has 0 saturated carbocycles. The monoisotopic (exact) mass is 262 g/mol. The number of amides is 2. The largest absolute Gasteiger partial charge is 0.465 e. The number of hydrogen-bond acceptors (Lipinski definition) is 4. The molecule has 0 spiro atoms. The van der Waals surface area contributed by atoms with Crippen molar-refractivity contribution in [3.05, 3.63) is 41.4 Å². The van der Waals surface area contributed by atoms with Gasteiger partial charge in [0.1, 0.15) is 11.3 Å². The van der Waals surface area contributed by atoms with Crippen molar-refractivity contribution >= 4 is 35.2 Å². The van der Waals surface area contributed by atoms with Gasteiger partial charge in [-0.1, -0.05) is 0 Å². The second kappa shape index (κ2) is 4.97. The summed E-state index contributed by atoms with van der Waals surface area (Å²) in [4.78, 5) is 23.1. The third-order valence-corrected chi connectivity index (χ3v) is 2.43. The van der Waals surface area contributed by atoms with E-state index in [4.69, 9.17) is 16.6 Å². The summed E-state index contributed by atoms with van der Waals surface area (Å²) in [7, 11) is 0. The van der Waals surface area contributed by atoms with Crippen molar-refractivity contribution in [2.24, 2.45) is 0 Å². The number of carbonyl (C=O) groups is 2. The number of thiocarbonyl (C=S) groups is 1. The third kappa shape index (κ3) is 2.72. The van der Waals surface area contributed by atoms with Crippen LogP contribution in [-0.2, 0) is 9.59 Å². The Morgan fingerprint density at radius 3 is 2.56 bits per heavy atom. The smallest absolute Gasteiger partial charge is 0.263 e. The lowest BCUT2D eigenvalue weighted by molar-refractivity contribution is -0.123. The van der Waals surface area contributed by atoms with Crippen molar-refractivity contribution in [3.63, 3.8) is 0 Å². The molecular formula is C12H10N2O3S. The Labute approximate surface area is 109 Å². The molecular weight excluding hydrogens is 252 g/mol. The van der Waals surface area contributed by atoms with Crippen LogP contribution in [0.15, 0.2) is 40.0 Å². The van der Waals surface area contributed by atoms with Crippen LogP contribution in [0.2, 0.25) is 0 Å². The Hall–Kier alpha value is -2.21. The van der Waals surface area contributed by atoms with Crippen molar-refractivity contribution in [2.45, 2.75) is 6.92 Å². The summed E-state index contributed by atoms with van der Waals surface area (Å²) in [5.74, 6) is -0.358. The summed E-state index contributed by atoms with van der Waals surface area (Å²) in [6, 6.07) is 3.53. The molecule has 6 heteroatoms. The fourth-order valence-electron chi connectivity index (χ4n) is 1.47. The second-order valence-electron chi connectivity index (χ2n) is 3.70. The zero-order valence-corrected chi connectivity index (χ0v) is 10.3. The van der Waals surface area contributed by atoms with Gasteiger partial charge in [-0.05, 0) is 49.0 Å². The molecule has 2 amide bonds. The summed E-state index contributed by atoms with van der Waals surface area (Å²) in [5.41, 5.74) is 0.738. The summed E-state index contributed by atoms with van der Waals surface area (Å²) in [6.07, 6.45) is 4.75. The Balaban J connectivity index is 2.25. The molecule has 0 aromatic carbocycles. The van der Waals surface area contributed by atoms with Crippen LogP contribution in [0.5, 0.6) is 0 Å². The molecule has 1 fully saturated rings. The number of carbonyl (C=O) groups excluding carboxylic acids is 2. The van der Waals surface area contributed by atoms with Gasteiger partial charge >= 0.3 is 0 Å². The molecule has 92 valence electrons. The standard InChI is InChI=1S/C12H10N2O3S/c1-7(5-8-3-2-4-17-8)6-9-10(15)13-12(18)14-11(9)16/h2-6H,1H3,(H2,13,14,15,16,18)/b7-5+. The maximum atomic E-state index is 11.6. The normalized spacial score (nSPS) is 16.4. The van der Waals surface area contributed by atoms with Gasteiger partial charge in [0.2, 0.25) is 0 Å². The topological polar surface area (TPSA) is 71.3 Å². The van der Waals surface area contributed by atoms with Crippen molar-refractivity contribution in [1.29, 1.82) is 0 Å². The summed E-state index contributed by atoms with van der Waals surface area (Å²) >= 11 is 4.70. The first kappa shape index (κ1) is 12.3. The molecule has 0 radical (unpaired) electrons. The molecule has 2 rings (SSSR count). The molecule has 0 atom stereocenters. The van der Waals surface area contributed by atoms with Gasteiger partial charge in [0.25, 0.3) is 11.8 Å². The minimum absolute atomic E-state index is 0.0175. The Morgan fingerprint density at radius 1 is 1.33 bits per heavy atom. The first-order chi connectivity index (χ1) is 8.56. The van der Waals surface area contributed by atoms with Crippen molar-refractivity contribution in [3.8, 4) is 0 Å². The number of hydrogen-bond donors (Lipinski definition) is 2. The molecule has 0 bridgehead atoms. The van der Waals surface area contributed by atoms with Crippen LogP contribution >= 0.6 is 12.2 Å². The highest BCUT2D eigenvalue weighted by Gasteiger charge is 2.25. The van der Waals surface area contributed by atoms with E-state index in [-0.39, 0.29) is 10.7 Å². The van der Waals surface area contributed by atoms with E-state index in [0.717, 1.165) is 5.57 Å². The van der Waals surface area contributed by atoms with E-state index >= 15 is 0 Å². The lowest BCUT2D eigenvalue weighted by Gasteiger charge is -2.16. The van der Waals surface area contributed by atoms with Crippen LogP contribution in [0, 0.1) is 0 Å². The molecule has 1 aliphatic heterocycles. The van der Waals surface area contributed by atoms with Crippen LogP contribution < -0.4 is 10.6 Å². The average molecular weight is 262 g/mol. The Bertz CT molecular complexity index is 548. The molecule has 0 aliphatic carbocycles. The number of furan rings is 1. The van der Waals surface area contributed by atoms with E-state index in [1.54, 1.807) is 31.4 Å². The predicted octanol–water partition coefficient (Wildman–Crippen LogP) is 1.14. The summed E-state index contributed by atoms with van der Waals surface area (Å²) in [5, 5.41) is 4.75. The maximum Gasteiger partial charge on any atom is 0.263 e. The lowest BCUT2D eigenvalue weighted by atomic mass is 10.1. The van der Waals surface area contributed by atoms with Crippen molar-refractivity contribution in [1.82, 2.24) is 10.6 Å². The Kier molecular flexibility index (Phi) is 3.38. The van der Waals surface area contributed by atoms with Crippen LogP contribution in [0.25, 0.3) is 6.08 Å². The molecule has 2 heterocycles. The van der Waals surface area contributed by atoms with Crippen LogP contribution in [-0.4, -0.2) is 16.9 Å². The zero-order chi connectivity index (χ0) is 13.1. The SMILES string of the molecule is C/C(C=C1C(=O)NC(=S)NC1=O)=C\c1ccco1. The van der Waals surface area contributed by atoms with Gasteiger partial charge in [0, 0.05) is 0 Å². The minimum atomic E-state index is -0.504. The molecule has 1 aromatic rings. The van der Waals surface area contributed by atoms with Crippen LogP contribution in [0.4, 0.5) is 0 Å². The van der Waals surface area contributed by atoms with E-state index in [1.165, 1.54) is 6.08 Å². The average Bonchev–Trinajstić information content (AvgIpc) is 2.76. The first-order valence-corrected chi connectivity index (χ1v) is 5.57. The minimum Gasteiger partial charge on any atom is -0.465 e. The fourth-order valence-corrected chi connectivity index (χ4v) is 1.66. The summed E-state index contributed by atoms with van der Waals surface area (Å²) < 4.78 is 5.14. The predicted molar refractivity (Wildman–Crippen MR) is 69.3 cm³/mol. The van der Waals surface area contributed by atoms with Gasteiger partial charge < -0.3 is 4.42 Å². The molecule has 5 nitrogen and oxygen atoms in total. The van der Waals surface area contributed by atoms with E-state index < -0.39 is 11.8 Å². The van der Waals surface area contributed by atoms with Crippen LogP contribution in [0.3, 0.4) is 0 Å². The first-order valence-electron chi connectivity index (χ1n) is 5.16. The fraction of sp³-hybridized carbons (Fsp3) is 0.0833. The van der Waals surface area contributed by atoms with E-state index in [9.17, 15) is 9.59 Å². The molecule has 1 saturated heterocycles. The third-order valence-electron chi connectivity index (χ3n) is 2.23. The molecule has 1 aromatic heterocycles. The molecule has 0 unspecified atom stereocenters. The van der Waals surface area contributed by atoms with Gasteiger partial charge in [0.15, 0.2) is 5.11 Å².